The minimum atomic E-state index is 0.544. The summed E-state index contributed by atoms with van der Waals surface area (Å²) in [4.78, 5) is 7.25. The summed E-state index contributed by atoms with van der Waals surface area (Å²) < 4.78 is 0. The second-order valence-electron chi connectivity index (χ2n) is 5.24. The predicted octanol–water partition coefficient (Wildman–Crippen LogP) is 3.65. The van der Waals surface area contributed by atoms with Crippen LogP contribution >= 0.6 is 22.9 Å². The first-order valence-electron chi connectivity index (χ1n) is 6.60. The molecule has 4 heteroatoms. The van der Waals surface area contributed by atoms with Gasteiger partial charge in [0, 0.05) is 11.4 Å². The maximum Gasteiger partial charge on any atom is 0.107 e. The van der Waals surface area contributed by atoms with E-state index >= 15 is 0 Å². The van der Waals surface area contributed by atoms with E-state index in [0.29, 0.717) is 5.88 Å². The molecule has 2 heterocycles. The fraction of sp³-hybridized carbons (Fsp3) is 0.769. The SMILES string of the molecule is ClCc1csc(CN2CCCC3CCCC32)n1. The van der Waals surface area contributed by atoms with Gasteiger partial charge in [-0.05, 0) is 38.1 Å². The Labute approximate surface area is 112 Å². The van der Waals surface area contributed by atoms with Gasteiger partial charge >= 0.3 is 0 Å². The number of aromatic nitrogens is 1. The van der Waals surface area contributed by atoms with Gasteiger partial charge in [-0.3, -0.25) is 4.90 Å². The van der Waals surface area contributed by atoms with E-state index in [0.717, 1.165) is 24.2 Å². The number of hydrogen-bond donors (Lipinski definition) is 0. The van der Waals surface area contributed by atoms with Crippen LogP contribution in [0.4, 0.5) is 0 Å². The smallest absolute Gasteiger partial charge is 0.107 e. The highest BCUT2D eigenvalue weighted by Gasteiger charge is 2.34. The first-order valence-corrected chi connectivity index (χ1v) is 8.01. The van der Waals surface area contributed by atoms with Crippen LogP contribution < -0.4 is 0 Å². The Morgan fingerprint density at radius 1 is 1.35 bits per heavy atom. The van der Waals surface area contributed by atoms with Crippen LogP contribution in [0.2, 0.25) is 0 Å². The minimum absolute atomic E-state index is 0.544. The first kappa shape index (κ1) is 11.9. The third-order valence-electron chi connectivity index (χ3n) is 4.18. The Bertz CT molecular complexity index is 379. The lowest BCUT2D eigenvalue weighted by Crippen LogP contribution is -2.41. The van der Waals surface area contributed by atoms with Gasteiger partial charge in [0.25, 0.3) is 0 Å². The molecule has 0 spiro atoms. The fourth-order valence-corrected chi connectivity index (χ4v) is 4.46. The predicted molar refractivity (Wildman–Crippen MR) is 72.4 cm³/mol. The maximum atomic E-state index is 5.80. The van der Waals surface area contributed by atoms with E-state index in [9.17, 15) is 0 Å². The number of nitrogens with zero attached hydrogens (tertiary/aromatic N) is 2. The third kappa shape index (κ3) is 2.51. The summed E-state index contributed by atoms with van der Waals surface area (Å²) in [6.07, 6.45) is 7.10. The zero-order chi connectivity index (χ0) is 11.7. The molecule has 2 aliphatic rings. The van der Waals surface area contributed by atoms with Crippen molar-refractivity contribution in [2.75, 3.05) is 6.54 Å². The summed E-state index contributed by atoms with van der Waals surface area (Å²) in [7, 11) is 0. The van der Waals surface area contributed by atoms with Crippen LogP contribution in [0.25, 0.3) is 0 Å². The molecule has 2 fully saturated rings. The molecule has 2 atom stereocenters. The van der Waals surface area contributed by atoms with E-state index in [2.05, 4.69) is 15.3 Å². The summed E-state index contributed by atoms with van der Waals surface area (Å²) in [6, 6.07) is 0.840. The normalized spacial score (nSPS) is 29.5. The molecule has 1 aromatic heterocycles. The lowest BCUT2D eigenvalue weighted by molar-refractivity contribution is 0.106. The van der Waals surface area contributed by atoms with E-state index in [4.69, 9.17) is 11.6 Å². The highest BCUT2D eigenvalue weighted by atomic mass is 35.5. The number of hydrogen-bond acceptors (Lipinski definition) is 3. The van der Waals surface area contributed by atoms with Gasteiger partial charge in [0.05, 0.1) is 18.1 Å². The maximum absolute atomic E-state index is 5.80. The van der Waals surface area contributed by atoms with Crippen molar-refractivity contribution in [3.8, 4) is 0 Å². The van der Waals surface area contributed by atoms with E-state index < -0.39 is 0 Å². The van der Waals surface area contributed by atoms with Gasteiger partial charge in [0.2, 0.25) is 0 Å². The van der Waals surface area contributed by atoms with Gasteiger partial charge in [0.1, 0.15) is 5.01 Å². The van der Waals surface area contributed by atoms with Crippen LogP contribution in [0, 0.1) is 5.92 Å². The topological polar surface area (TPSA) is 16.1 Å². The van der Waals surface area contributed by atoms with Crippen LogP contribution in [0.3, 0.4) is 0 Å². The number of fused-ring (bicyclic) bond motifs is 1. The van der Waals surface area contributed by atoms with Gasteiger partial charge in [-0.15, -0.1) is 22.9 Å². The number of rotatable bonds is 3. The van der Waals surface area contributed by atoms with E-state index in [-0.39, 0.29) is 0 Å². The third-order valence-corrected chi connectivity index (χ3v) is 5.34. The largest absolute Gasteiger partial charge is 0.293 e. The van der Waals surface area contributed by atoms with Crippen LogP contribution in [0.15, 0.2) is 5.38 Å². The Balaban J connectivity index is 1.67. The Kier molecular flexibility index (Phi) is 3.69. The molecule has 1 saturated carbocycles. The molecule has 0 aromatic carbocycles. The quantitative estimate of drug-likeness (QED) is 0.780. The molecule has 0 radical (unpaired) electrons. The van der Waals surface area contributed by atoms with Crippen LogP contribution in [0.5, 0.6) is 0 Å². The second-order valence-corrected chi connectivity index (χ2v) is 6.45. The molecule has 0 bridgehead atoms. The molecule has 1 aliphatic heterocycles. The van der Waals surface area contributed by atoms with Crippen LogP contribution in [-0.4, -0.2) is 22.5 Å². The zero-order valence-corrected chi connectivity index (χ0v) is 11.6. The average Bonchev–Trinajstić information content (AvgIpc) is 2.97. The standard InChI is InChI=1S/C13H19ClN2S/c14-7-11-9-17-13(15-11)8-16-6-2-4-10-3-1-5-12(10)16/h9-10,12H,1-8H2. The van der Waals surface area contributed by atoms with Gasteiger partial charge < -0.3 is 0 Å². The lowest BCUT2D eigenvalue weighted by atomic mass is 9.92. The molecule has 94 valence electrons. The van der Waals surface area contributed by atoms with Crippen molar-refractivity contribution >= 4 is 22.9 Å². The van der Waals surface area contributed by atoms with Gasteiger partial charge in [-0.25, -0.2) is 4.98 Å². The van der Waals surface area contributed by atoms with Gasteiger partial charge in [0.15, 0.2) is 0 Å². The number of thiazole rings is 1. The number of piperidine rings is 1. The summed E-state index contributed by atoms with van der Waals surface area (Å²) in [5.41, 5.74) is 1.03. The molecule has 0 N–H and O–H groups in total. The summed E-state index contributed by atoms with van der Waals surface area (Å²) >= 11 is 7.57. The minimum Gasteiger partial charge on any atom is -0.293 e. The molecular formula is C13H19ClN2S. The molecule has 3 rings (SSSR count). The Morgan fingerprint density at radius 2 is 2.24 bits per heavy atom. The lowest BCUT2D eigenvalue weighted by Gasteiger charge is -2.37. The average molecular weight is 271 g/mol. The first-order chi connectivity index (χ1) is 8.36. The zero-order valence-electron chi connectivity index (χ0n) is 10.1. The van der Waals surface area contributed by atoms with Crippen molar-refractivity contribution in [1.29, 1.82) is 0 Å². The van der Waals surface area contributed by atoms with Crippen molar-refractivity contribution < 1.29 is 0 Å². The molecular weight excluding hydrogens is 252 g/mol. The van der Waals surface area contributed by atoms with Gasteiger partial charge in [-0.2, -0.15) is 0 Å². The highest BCUT2D eigenvalue weighted by molar-refractivity contribution is 7.09. The molecule has 1 aromatic rings. The van der Waals surface area contributed by atoms with Crippen molar-refractivity contribution in [2.24, 2.45) is 5.92 Å². The number of halogens is 1. The van der Waals surface area contributed by atoms with E-state index in [1.165, 1.54) is 43.7 Å². The highest BCUT2D eigenvalue weighted by Crippen LogP contribution is 2.37. The Morgan fingerprint density at radius 3 is 3.06 bits per heavy atom. The molecule has 2 unspecified atom stereocenters. The van der Waals surface area contributed by atoms with Crippen molar-refractivity contribution in [3.05, 3.63) is 16.1 Å². The number of likely N-dealkylation sites (tertiary alicyclic amines) is 1. The summed E-state index contributed by atoms with van der Waals surface area (Å²) in [5, 5.41) is 3.34. The van der Waals surface area contributed by atoms with Crippen LogP contribution in [0.1, 0.15) is 42.8 Å². The summed E-state index contributed by atoms with van der Waals surface area (Å²) in [5.74, 6) is 1.51. The van der Waals surface area contributed by atoms with Crippen molar-refractivity contribution in [1.82, 2.24) is 9.88 Å². The Hall–Kier alpha value is -0.120. The van der Waals surface area contributed by atoms with E-state index in [1.54, 1.807) is 11.3 Å². The van der Waals surface area contributed by atoms with Crippen molar-refractivity contribution in [2.45, 2.75) is 50.6 Å². The van der Waals surface area contributed by atoms with Crippen LogP contribution in [-0.2, 0) is 12.4 Å². The molecule has 1 aliphatic carbocycles. The molecule has 1 saturated heterocycles. The molecule has 2 nitrogen and oxygen atoms in total. The monoisotopic (exact) mass is 270 g/mol. The molecule has 0 amide bonds. The molecule has 17 heavy (non-hydrogen) atoms. The summed E-state index contributed by atoms with van der Waals surface area (Å²) in [6.45, 7) is 2.31. The second kappa shape index (κ2) is 5.25. The van der Waals surface area contributed by atoms with Gasteiger partial charge in [-0.1, -0.05) is 6.42 Å². The van der Waals surface area contributed by atoms with Crippen molar-refractivity contribution in [3.63, 3.8) is 0 Å². The number of alkyl halides is 1. The van der Waals surface area contributed by atoms with E-state index in [1.807, 2.05) is 0 Å². The fourth-order valence-electron chi connectivity index (χ4n) is 3.41.